The maximum atomic E-state index is 11.0. The predicted octanol–water partition coefficient (Wildman–Crippen LogP) is 6.97. The van der Waals surface area contributed by atoms with E-state index in [4.69, 9.17) is 6.58 Å². The Kier molecular flexibility index (Phi) is 6.33. The lowest BCUT2D eigenvalue weighted by atomic mass is 9.32. The first-order valence-electron chi connectivity index (χ1n) is 15.8. The van der Waals surface area contributed by atoms with Crippen molar-refractivity contribution in [3.63, 3.8) is 0 Å². The second-order valence-corrected chi connectivity index (χ2v) is 15.9. The third kappa shape index (κ3) is 3.49. The van der Waals surface area contributed by atoms with Crippen molar-refractivity contribution >= 4 is 0 Å². The van der Waals surface area contributed by atoms with Gasteiger partial charge in [0.2, 0.25) is 0 Å². The normalized spacial score (nSPS) is 49.3. The summed E-state index contributed by atoms with van der Waals surface area (Å²) in [6.45, 7) is 18.6. The number of aromatic nitrogens is 1. The molecule has 210 valence electrons. The van der Waals surface area contributed by atoms with Crippen LogP contribution in [0.15, 0.2) is 42.7 Å². The zero-order valence-corrected chi connectivity index (χ0v) is 24.9. The van der Waals surface area contributed by atoms with Crippen molar-refractivity contribution < 1.29 is 14.8 Å². The molecule has 5 unspecified atom stereocenters. The van der Waals surface area contributed by atoms with Gasteiger partial charge in [-0.05, 0) is 126 Å². The summed E-state index contributed by atoms with van der Waals surface area (Å²) < 4.78 is 2.28. The van der Waals surface area contributed by atoms with Crippen LogP contribution in [0.25, 0.3) is 0 Å². The van der Waals surface area contributed by atoms with E-state index in [1.165, 1.54) is 56.9 Å². The van der Waals surface area contributed by atoms with Crippen molar-refractivity contribution in [3.8, 4) is 0 Å². The minimum absolute atomic E-state index is 0.00802. The molecule has 3 nitrogen and oxygen atoms in total. The molecule has 5 aliphatic carbocycles. The Labute approximate surface area is 232 Å². The number of hydrogen-bond donors (Lipinski definition) is 2. The van der Waals surface area contributed by atoms with Gasteiger partial charge in [-0.2, -0.15) is 0 Å². The fourth-order valence-electron chi connectivity index (χ4n) is 12.3. The fraction of sp³-hybridized carbons (Fsp3) is 0.800. The van der Waals surface area contributed by atoms with E-state index in [1.54, 1.807) is 0 Å². The lowest BCUT2D eigenvalue weighted by molar-refractivity contribution is -0.689. The Morgan fingerprint density at radius 1 is 0.816 bits per heavy atom. The first-order chi connectivity index (χ1) is 17.9. The van der Waals surface area contributed by atoms with Crippen LogP contribution in [0.5, 0.6) is 0 Å². The highest BCUT2D eigenvalue weighted by atomic mass is 16.3. The molecule has 1 heterocycles. The van der Waals surface area contributed by atoms with Crippen LogP contribution < -0.4 is 4.57 Å². The zero-order valence-electron chi connectivity index (χ0n) is 24.9. The van der Waals surface area contributed by atoms with Crippen molar-refractivity contribution in [2.45, 2.75) is 111 Å². The molecule has 38 heavy (non-hydrogen) atoms. The van der Waals surface area contributed by atoms with E-state index in [9.17, 15) is 10.2 Å². The van der Waals surface area contributed by atoms with Crippen molar-refractivity contribution in [2.75, 3.05) is 6.61 Å². The summed E-state index contributed by atoms with van der Waals surface area (Å²) in [6, 6.07) is 6.31. The number of nitrogens with zero attached hydrogens (tertiary/aromatic N) is 1. The highest BCUT2D eigenvalue weighted by Gasteiger charge is 2.70. The number of aliphatic hydroxyl groups is 2. The largest absolute Gasteiger partial charge is 0.396 e. The number of aliphatic hydroxyl groups excluding tert-OH is 2. The van der Waals surface area contributed by atoms with Crippen LogP contribution >= 0.6 is 0 Å². The quantitative estimate of drug-likeness (QED) is 0.333. The molecule has 6 rings (SSSR count). The maximum absolute atomic E-state index is 11.0. The SMILES string of the molecule is C=C(C[n+]1ccccc1)C1CC[C@]2(CO)CC[C@]3(C)C(CCC4[C@@]5(C)CC[C@H](O)C(C)(C)C5CC[C@]43C)C12. The molecule has 0 saturated heterocycles. The predicted molar refractivity (Wildman–Crippen MR) is 153 cm³/mol. The average molecular weight is 521 g/mol. The Morgan fingerprint density at radius 2 is 1.55 bits per heavy atom. The van der Waals surface area contributed by atoms with Gasteiger partial charge in [-0.1, -0.05) is 47.3 Å². The molecule has 0 bridgehead atoms. The summed E-state index contributed by atoms with van der Waals surface area (Å²) in [5, 5.41) is 21.9. The summed E-state index contributed by atoms with van der Waals surface area (Å²) in [6.07, 6.45) is 16.3. The van der Waals surface area contributed by atoms with Gasteiger partial charge in [0.15, 0.2) is 18.9 Å². The van der Waals surface area contributed by atoms with Crippen LogP contribution in [-0.2, 0) is 6.54 Å². The van der Waals surface area contributed by atoms with Gasteiger partial charge >= 0.3 is 0 Å². The van der Waals surface area contributed by atoms with Crippen LogP contribution in [0.2, 0.25) is 0 Å². The third-order valence-corrected chi connectivity index (χ3v) is 14.6. The molecule has 0 aromatic carbocycles. The van der Waals surface area contributed by atoms with Crippen LogP contribution in [0, 0.1) is 56.7 Å². The van der Waals surface area contributed by atoms with E-state index in [2.05, 4.69) is 69.8 Å². The van der Waals surface area contributed by atoms with Gasteiger partial charge in [0.1, 0.15) is 0 Å². The number of allylic oxidation sites excluding steroid dienone is 1. The van der Waals surface area contributed by atoms with Crippen molar-refractivity contribution in [3.05, 3.63) is 42.7 Å². The monoisotopic (exact) mass is 520 g/mol. The Bertz CT molecular complexity index is 1070. The Balaban J connectivity index is 1.34. The van der Waals surface area contributed by atoms with Gasteiger partial charge in [0.25, 0.3) is 0 Å². The standard InChI is InChI=1S/C35H54NO2/c1-24(22-36-20-8-7-9-21-36)25-12-17-35(23-37)19-18-33(5)26(30(25)35)10-11-28-32(4)15-14-29(38)31(2,3)27(32)13-16-34(28,33)6/h7-9,20-21,25-30,37-38H,1,10-19,22-23H2,2-6H3/q+1/t25?,26?,27?,28?,29-,30?,32-,33+,34+,35+/m0/s1. The van der Waals surface area contributed by atoms with Crippen molar-refractivity contribution in [1.29, 1.82) is 0 Å². The van der Waals surface area contributed by atoms with Gasteiger partial charge in [0.05, 0.1) is 6.10 Å². The fourth-order valence-corrected chi connectivity index (χ4v) is 12.3. The summed E-state index contributed by atoms with van der Waals surface area (Å²) >= 11 is 0. The summed E-state index contributed by atoms with van der Waals surface area (Å²) in [4.78, 5) is 0. The first-order valence-corrected chi connectivity index (χ1v) is 15.8. The highest BCUT2D eigenvalue weighted by molar-refractivity contribution is 5.21. The minimum atomic E-state index is -0.163. The molecule has 0 amide bonds. The molecule has 0 aliphatic heterocycles. The molecule has 1 aromatic rings. The highest BCUT2D eigenvalue weighted by Crippen LogP contribution is 2.77. The molecular formula is C35H54NO2+. The molecule has 2 N–H and O–H groups in total. The maximum Gasteiger partial charge on any atom is 0.169 e. The number of rotatable bonds is 4. The van der Waals surface area contributed by atoms with Gasteiger partial charge in [-0.25, -0.2) is 4.57 Å². The average Bonchev–Trinajstić information content (AvgIpc) is 3.28. The number of hydrogen-bond acceptors (Lipinski definition) is 2. The van der Waals surface area contributed by atoms with Crippen LogP contribution in [-0.4, -0.2) is 22.9 Å². The summed E-state index contributed by atoms with van der Waals surface area (Å²) in [5.41, 5.74) is 2.41. The second-order valence-electron chi connectivity index (χ2n) is 15.9. The second kappa shape index (κ2) is 8.90. The van der Waals surface area contributed by atoms with E-state index in [0.717, 1.165) is 25.3 Å². The first kappa shape index (κ1) is 27.0. The Hall–Kier alpha value is -1.19. The van der Waals surface area contributed by atoms with E-state index < -0.39 is 0 Å². The Morgan fingerprint density at radius 3 is 2.26 bits per heavy atom. The summed E-state index contributed by atoms with van der Waals surface area (Å²) in [7, 11) is 0. The van der Waals surface area contributed by atoms with E-state index in [0.29, 0.717) is 46.5 Å². The van der Waals surface area contributed by atoms with Gasteiger partial charge < -0.3 is 10.2 Å². The van der Waals surface area contributed by atoms with Gasteiger partial charge in [-0.3, -0.25) is 0 Å². The van der Waals surface area contributed by atoms with Gasteiger partial charge in [0, 0.05) is 18.7 Å². The van der Waals surface area contributed by atoms with Crippen LogP contribution in [0.3, 0.4) is 0 Å². The molecule has 3 heteroatoms. The molecule has 1 aromatic heterocycles. The third-order valence-electron chi connectivity index (χ3n) is 14.6. The van der Waals surface area contributed by atoms with E-state index in [1.807, 2.05) is 0 Å². The topological polar surface area (TPSA) is 44.3 Å². The van der Waals surface area contributed by atoms with E-state index >= 15 is 0 Å². The summed E-state index contributed by atoms with van der Waals surface area (Å²) in [5.74, 6) is 3.06. The molecule has 5 fully saturated rings. The molecule has 5 aliphatic rings. The zero-order chi connectivity index (χ0) is 27.1. The minimum Gasteiger partial charge on any atom is -0.396 e. The lowest BCUT2D eigenvalue weighted by Crippen LogP contribution is -2.66. The van der Waals surface area contributed by atoms with Crippen molar-refractivity contribution in [2.24, 2.45) is 56.7 Å². The number of pyridine rings is 1. The molecule has 5 saturated carbocycles. The smallest absolute Gasteiger partial charge is 0.169 e. The van der Waals surface area contributed by atoms with Gasteiger partial charge in [-0.15, -0.1) is 0 Å². The molecule has 10 atom stereocenters. The molecule has 0 radical (unpaired) electrons. The van der Waals surface area contributed by atoms with Crippen LogP contribution in [0.4, 0.5) is 0 Å². The number of fused-ring (bicyclic) bond motifs is 7. The lowest BCUT2D eigenvalue weighted by Gasteiger charge is -2.73. The molecule has 0 spiro atoms. The van der Waals surface area contributed by atoms with Crippen LogP contribution in [0.1, 0.15) is 98.8 Å². The van der Waals surface area contributed by atoms with Crippen molar-refractivity contribution in [1.82, 2.24) is 0 Å². The molecular weight excluding hydrogens is 466 g/mol. The van der Waals surface area contributed by atoms with E-state index in [-0.39, 0.29) is 16.9 Å².